The lowest BCUT2D eigenvalue weighted by atomic mass is 9.87. The summed E-state index contributed by atoms with van der Waals surface area (Å²) in [5, 5.41) is 15.2. The van der Waals surface area contributed by atoms with E-state index in [0.717, 1.165) is 28.1 Å². The first kappa shape index (κ1) is 28.9. The van der Waals surface area contributed by atoms with Gasteiger partial charge in [-0.25, -0.2) is 9.97 Å². The van der Waals surface area contributed by atoms with Crippen molar-refractivity contribution >= 4 is 64.6 Å². The van der Waals surface area contributed by atoms with Gasteiger partial charge < -0.3 is 0 Å². The molecule has 0 aliphatic heterocycles. The third-order valence-corrected chi connectivity index (χ3v) is 10.8. The number of aromatic nitrogens is 2. The molecule has 0 saturated heterocycles. The van der Waals surface area contributed by atoms with Crippen molar-refractivity contribution in [3.05, 3.63) is 182 Å². The van der Waals surface area contributed by atoms with Crippen LogP contribution in [0.2, 0.25) is 0 Å². The Bertz CT molecular complexity index is 3140. The molecular formula is C50H30N2. The summed E-state index contributed by atoms with van der Waals surface area (Å²) >= 11 is 0. The third kappa shape index (κ3) is 4.44. The largest absolute Gasteiger partial charge is 0.228 e. The maximum atomic E-state index is 5.28. The quantitative estimate of drug-likeness (QED) is 0.176. The number of benzene rings is 9. The molecule has 0 N–H and O–H groups in total. The van der Waals surface area contributed by atoms with Crippen LogP contribution in [0.25, 0.3) is 110 Å². The van der Waals surface area contributed by atoms with Crippen LogP contribution in [0.5, 0.6) is 0 Å². The summed E-state index contributed by atoms with van der Waals surface area (Å²) in [6.07, 6.45) is 0. The molecule has 0 radical (unpaired) electrons. The lowest BCUT2D eigenvalue weighted by Crippen LogP contribution is -1.96. The minimum atomic E-state index is 0.713. The molecule has 2 nitrogen and oxygen atoms in total. The van der Waals surface area contributed by atoms with Crippen molar-refractivity contribution < 1.29 is 0 Å². The van der Waals surface area contributed by atoms with Gasteiger partial charge in [0.15, 0.2) is 5.82 Å². The number of fused-ring (bicyclic) bond motifs is 2. The second-order valence-corrected chi connectivity index (χ2v) is 13.7. The van der Waals surface area contributed by atoms with Gasteiger partial charge in [0.2, 0.25) is 0 Å². The smallest absolute Gasteiger partial charge is 0.160 e. The molecule has 1 heterocycles. The van der Waals surface area contributed by atoms with E-state index < -0.39 is 0 Å². The van der Waals surface area contributed by atoms with Gasteiger partial charge in [-0.15, -0.1) is 0 Å². The van der Waals surface area contributed by atoms with Gasteiger partial charge in [0, 0.05) is 16.7 Å². The highest BCUT2D eigenvalue weighted by Gasteiger charge is 2.18. The van der Waals surface area contributed by atoms with E-state index in [9.17, 15) is 0 Å². The SMILES string of the molecule is c1ccc(-c2ccc(-c3cc(-c4cc5ccc6cccc7c8cccc9ccc%10cccc(c(c4)c5c67)c%10c98)nc(-c4ccccc4)n3)cc2)cc1. The predicted octanol–water partition coefficient (Wildman–Crippen LogP) is 13.5. The summed E-state index contributed by atoms with van der Waals surface area (Å²) < 4.78 is 0. The minimum Gasteiger partial charge on any atom is -0.228 e. The maximum absolute atomic E-state index is 5.28. The summed E-state index contributed by atoms with van der Waals surface area (Å²) in [5.41, 5.74) is 7.29. The zero-order chi connectivity index (χ0) is 34.2. The monoisotopic (exact) mass is 658 g/mol. The number of rotatable bonds is 4. The molecule has 1 aromatic heterocycles. The highest BCUT2D eigenvalue weighted by Crippen LogP contribution is 2.44. The molecule has 0 bridgehead atoms. The van der Waals surface area contributed by atoms with Crippen molar-refractivity contribution in [2.45, 2.75) is 0 Å². The summed E-state index contributed by atoms with van der Waals surface area (Å²) in [7, 11) is 0. The Morgan fingerprint density at radius 1 is 0.250 bits per heavy atom. The Morgan fingerprint density at radius 2 is 0.692 bits per heavy atom. The van der Waals surface area contributed by atoms with Crippen LogP contribution in [-0.4, -0.2) is 9.97 Å². The molecule has 10 aromatic carbocycles. The van der Waals surface area contributed by atoms with Gasteiger partial charge in [-0.2, -0.15) is 0 Å². The highest BCUT2D eigenvalue weighted by molar-refractivity contribution is 6.37. The summed E-state index contributed by atoms with van der Waals surface area (Å²) in [6.45, 7) is 0. The van der Waals surface area contributed by atoms with Gasteiger partial charge in [0.1, 0.15) is 0 Å². The predicted molar refractivity (Wildman–Crippen MR) is 220 cm³/mol. The molecule has 0 unspecified atom stereocenters. The zero-order valence-corrected chi connectivity index (χ0v) is 28.2. The first-order chi connectivity index (χ1) is 25.8. The second kappa shape index (κ2) is 11.3. The molecule has 11 rings (SSSR count). The Balaban J connectivity index is 1.23. The van der Waals surface area contributed by atoms with Gasteiger partial charge in [0.25, 0.3) is 0 Å². The summed E-state index contributed by atoms with van der Waals surface area (Å²) in [4.78, 5) is 10.4. The molecule has 0 saturated carbocycles. The molecule has 11 aromatic rings. The topological polar surface area (TPSA) is 25.8 Å². The lowest BCUT2D eigenvalue weighted by Gasteiger charge is -2.17. The van der Waals surface area contributed by atoms with E-state index in [-0.39, 0.29) is 0 Å². The van der Waals surface area contributed by atoms with Gasteiger partial charge in [0.05, 0.1) is 11.4 Å². The first-order valence-electron chi connectivity index (χ1n) is 17.8. The van der Waals surface area contributed by atoms with Crippen molar-refractivity contribution in [3.63, 3.8) is 0 Å². The molecule has 0 fully saturated rings. The summed E-state index contributed by atoms with van der Waals surface area (Å²) in [6, 6.07) is 65.7. The third-order valence-electron chi connectivity index (χ3n) is 10.8. The van der Waals surface area contributed by atoms with Crippen LogP contribution < -0.4 is 0 Å². The Kier molecular flexibility index (Phi) is 6.28. The maximum Gasteiger partial charge on any atom is 0.160 e. The molecular weight excluding hydrogens is 629 g/mol. The van der Waals surface area contributed by atoms with E-state index in [4.69, 9.17) is 9.97 Å². The van der Waals surface area contributed by atoms with Crippen molar-refractivity contribution in [3.8, 4) is 45.0 Å². The Morgan fingerprint density at radius 3 is 1.27 bits per heavy atom. The van der Waals surface area contributed by atoms with E-state index in [1.165, 1.54) is 75.8 Å². The zero-order valence-electron chi connectivity index (χ0n) is 28.2. The van der Waals surface area contributed by atoms with E-state index in [1.54, 1.807) is 0 Å². The average molecular weight is 659 g/mol. The number of nitrogens with zero attached hydrogens (tertiary/aromatic N) is 2. The van der Waals surface area contributed by atoms with Crippen molar-refractivity contribution in [2.75, 3.05) is 0 Å². The molecule has 2 heteroatoms. The van der Waals surface area contributed by atoms with Crippen LogP contribution in [0.1, 0.15) is 0 Å². The average Bonchev–Trinajstić information content (AvgIpc) is 3.22. The van der Waals surface area contributed by atoms with Crippen molar-refractivity contribution in [2.24, 2.45) is 0 Å². The van der Waals surface area contributed by atoms with E-state index >= 15 is 0 Å². The van der Waals surface area contributed by atoms with Crippen LogP contribution >= 0.6 is 0 Å². The number of hydrogen-bond donors (Lipinski definition) is 0. The minimum absolute atomic E-state index is 0.713. The Labute approximate surface area is 300 Å². The molecule has 0 spiro atoms. The second-order valence-electron chi connectivity index (χ2n) is 13.7. The standard InChI is InChI=1S/C50H30N2/c1-3-10-31(11-4-1)32-20-22-33(23-21-32)44-30-45(52-50(51-44)37-12-5-2-6-13-37)39-28-38-27-26-36-15-8-18-41-40-17-7-14-34-24-25-35-16-9-19-42(48(35)46(34)40)43(29-39)49(38)47(36)41/h1-30H. The fraction of sp³-hybridized carbons (Fsp3) is 0. The van der Waals surface area contributed by atoms with Crippen molar-refractivity contribution in [1.82, 2.24) is 9.97 Å². The van der Waals surface area contributed by atoms with E-state index in [1.807, 2.05) is 18.2 Å². The normalized spacial score (nSPS) is 11.8. The molecule has 52 heavy (non-hydrogen) atoms. The fourth-order valence-electron chi connectivity index (χ4n) is 8.36. The van der Waals surface area contributed by atoms with Crippen LogP contribution in [0.4, 0.5) is 0 Å². The van der Waals surface area contributed by atoms with Crippen LogP contribution in [0.3, 0.4) is 0 Å². The molecule has 0 atom stereocenters. The van der Waals surface area contributed by atoms with Gasteiger partial charge in [-0.3, -0.25) is 0 Å². The van der Waals surface area contributed by atoms with Crippen molar-refractivity contribution in [1.29, 1.82) is 0 Å². The highest BCUT2D eigenvalue weighted by atomic mass is 14.9. The van der Waals surface area contributed by atoms with Gasteiger partial charge in [-0.1, -0.05) is 164 Å². The first-order valence-corrected chi connectivity index (χ1v) is 17.8. The van der Waals surface area contributed by atoms with Crippen LogP contribution in [0, 0.1) is 0 Å². The van der Waals surface area contributed by atoms with E-state index in [0.29, 0.717) is 5.82 Å². The van der Waals surface area contributed by atoms with Crippen LogP contribution in [-0.2, 0) is 0 Å². The fourth-order valence-corrected chi connectivity index (χ4v) is 8.36. The molecule has 240 valence electrons. The van der Waals surface area contributed by atoms with Gasteiger partial charge in [-0.05, 0) is 94.0 Å². The van der Waals surface area contributed by atoms with E-state index in [2.05, 4.69) is 164 Å². The number of hydrogen-bond acceptors (Lipinski definition) is 2. The Hall–Kier alpha value is -6.90. The summed E-state index contributed by atoms with van der Waals surface area (Å²) in [5.74, 6) is 0.713. The molecule has 0 aliphatic carbocycles. The van der Waals surface area contributed by atoms with Gasteiger partial charge >= 0.3 is 0 Å². The van der Waals surface area contributed by atoms with Crippen LogP contribution in [0.15, 0.2) is 182 Å². The molecule has 0 amide bonds. The lowest BCUT2D eigenvalue weighted by molar-refractivity contribution is 1.18. The molecule has 0 aliphatic rings.